The van der Waals surface area contributed by atoms with Gasteiger partial charge in [0.1, 0.15) is 6.29 Å². The molecule has 0 amide bonds. The lowest BCUT2D eigenvalue weighted by Gasteiger charge is -2.05. The lowest BCUT2D eigenvalue weighted by atomic mass is 10.00. The van der Waals surface area contributed by atoms with Crippen LogP contribution in [0.5, 0.6) is 0 Å². The topological polar surface area (TPSA) is 17.1 Å². The fourth-order valence-corrected chi connectivity index (χ4v) is 2.90. The lowest BCUT2D eigenvalue weighted by Crippen LogP contribution is -1.87. The molecule has 1 heteroatoms. The van der Waals surface area contributed by atoms with Gasteiger partial charge in [0.25, 0.3) is 0 Å². The van der Waals surface area contributed by atoms with Gasteiger partial charge >= 0.3 is 0 Å². The molecular formula is C22H28O. The maximum Gasteiger partial charge on any atom is 0.150 e. The van der Waals surface area contributed by atoms with Gasteiger partial charge in [-0.25, -0.2) is 0 Å². The molecule has 23 heavy (non-hydrogen) atoms. The van der Waals surface area contributed by atoms with E-state index >= 15 is 0 Å². The molecule has 0 radical (unpaired) electrons. The van der Waals surface area contributed by atoms with Crippen molar-refractivity contribution in [1.29, 1.82) is 0 Å². The minimum absolute atomic E-state index is 0.726. The van der Waals surface area contributed by atoms with E-state index in [4.69, 9.17) is 0 Å². The van der Waals surface area contributed by atoms with E-state index < -0.39 is 0 Å². The van der Waals surface area contributed by atoms with Gasteiger partial charge in [-0.3, -0.25) is 4.79 Å². The van der Waals surface area contributed by atoms with Gasteiger partial charge in [0.15, 0.2) is 0 Å². The van der Waals surface area contributed by atoms with Crippen LogP contribution in [0.15, 0.2) is 48.5 Å². The van der Waals surface area contributed by atoms with Gasteiger partial charge < -0.3 is 0 Å². The van der Waals surface area contributed by atoms with Crippen molar-refractivity contribution in [3.8, 4) is 11.1 Å². The van der Waals surface area contributed by atoms with E-state index in [0.717, 1.165) is 17.4 Å². The third-order valence-electron chi connectivity index (χ3n) is 4.40. The maximum absolute atomic E-state index is 10.7. The van der Waals surface area contributed by atoms with E-state index in [-0.39, 0.29) is 0 Å². The Hall–Kier alpha value is -1.89. The first-order valence-corrected chi connectivity index (χ1v) is 8.98. The highest BCUT2D eigenvalue weighted by molar-refractivity contribution is 5.76. The van der Waals surface area contributed by atoms with Crippen LogP contribution in [-0.2, 0) is 6.42 Å². The van der Waals surface area contributed by atoms with Gasteiger partial charge in [0, 0.05) is 5.56 Å². The molecule has 0 saturated heterocycles. The molecule has 0 fully saturated rings. The molecule has 2 aromatic carbocycles. The number of aldehydes is 1. The van der Waals surface area contributed by atoms with Crippen molar-refractivity contribution in [3.05, 3.63) is 59.7 Å². The van der Waals surface area contributed by atoms with Crippen molar-refractivity contribution in [1.82, 2.24) is 0 Å². The summed E-state index contributed by atoms with van der Waals surface area (Å²) in [4.78, 5) is 10.7. The zero-order valence-electron chi connectivity index (χ0n) is 14.3. The van der Waals surface area contributed by atoms with Gasteiger partial charge in [-0.2, -0.15) is 0 Å². The van der Waals surface area contributed by atoms with Crippen LogP contribution in [0.4, 0.5) is 0 Å². The highest BCUT2D eigenvalue weighted by Crippen LogP contribution is 2.21. The minimum atomic E-state index is 0.726. The molecule has 2 aromatic rings. The first-order valence-electron chi connectivity index (χ1n) is 8.98. The summed E-state index contributed by atoms with van der Waals surface area (Å²) >= 11 is 0. The molecular weight excluding hydrogens is 280 g/mol. The van der Waals surface area contributed by atoms with E-state index in [0.29, 0.717) is 0 Å². The normalized spacial score (nSPS) is 10.7. The number of hydrogen-bond acceptors (Lipinski definition) is 1. The van der Waals surface area contributed by atoms with Gasteiger partial charge in [0.2, 0.25) is 0 Å². The van der Waals surface area contributed by atoms with E-state index in [2.05, 4.69) is 31.2 Å². The van der Waals surface area contributed by atoms with Crippen LogP contribution in [0.2, 0.25) is 0 Å². The number of unbranched alkanes of at least 4 members (excludes halogenated alkanes) is 6. The monoisotopic (exact) mass is 308 g/mol. The summed E-state index contributed by atoms with van der Waals surface area (Å²) in [6.45, 7) is 2.26. The summed E-state index contributed by atoms with van der Waals surface area (Å²) in [6.07, 6.45) is 11.6. The predicted molar refractivity (Wildman–Crippen MR) is 99.0 cm³/mol. The van der Waals surface area contributed by atoms with Crippen molar-refractivity contribution < 1.29 is 4.79 Å². The first kappa shape index (κ1) is 17.5. The molecule has 0 aliphatic heterocycles. The molecule has 0 aliphatic rings. The Morgan fingerprint density at radius 2 is 1.22 bits per heavy atom. The van der Waals surface area contributed by atoms with Crippen LogP contribution in [0, 0.1) is 0 Å². The van der Waals surface area contributed by atoms with E-state index in [1.165, 1.54) is 62.5 Å². The summed E-state index contributed by atoms with van der Waals surface area (Å²) in [5.41, 5.74) is 4.53. The van der Waals surface area contributed by atoms with Gasteiger partial charge in [-0.1, -0.05) is 94.0 Å². The molecule has 2 rings (SSSR count). The summed E-state index contributed by atoms with van der Waals surface area (Å²) < 4.78 is 0. The first-order chi connectivity index (χ1) is 11.3. The Morgan fingerprint density at radius 1 is 0.696 bits per heavy atom. The molecule has 0 bridgehead atoms. The van der Waals surface area contributed by atoms with E-state index in [1.54, 1.807) is 0 Å². The zero-order chi connectivity index (χ0) is 16.3. The molecule has 0 N–H and O–H groups in total. The average Bonchev–Trinajstić information content (AvgIpc) is 2.61. The van der Waals surface area contributed by atoms with Crippen molar-refractivity contribution in [2.24, 2.45) is 0 Å². The molecule has 0 unspecified atom stereocenters. The second-order valence-corrected chi connectivity index (χ2v) is 6.31. The largest absolute Gasteiger partial charge is 0.298 e. The van der Waals surface area contributed by atoms with Gasteiger partial charge in [-0.15, -0.1) is 0 Å². The van der Waals surface area contributed by atoms with Crippen molar-refractivity contribution in [2.75, 3.05) is 0 Å². The summed E-state index contributed by atoms with van der Waals surface area (Å²) in [5.74, 6) is 0. The van der Waals surface area contributed by atoms with Gasteiger partial charge in [0.05, 0.1) is 0 Å². The van der Waals surface area contributed by atoms with Crippen LogP contribution < -0.4 is 0 Å². The molecule has 0 spiro atoms. The second-order valence-electron chi connectivity index (χ2n) is 6.31. The number of benzene rings is 2. The van der Waals surface area contributed by atoms with Crippen LogP contribution in [0.1, 0.15) is 67.8 Å². The number of carbonyl (C=O) groups excluding carboxylic acids is 1. The smallest absolute Gasteiger partial charge is 0.150 e. The van der Waals surface area contributed by atoms with Gasteiger partial charge in [-0.05, 0) is 29.5 Å². The summed E-state index contributed by atoms with van der Waals surface area (Å²) in [5, 5.41) is 0. The van der Waals surface area contributed by atoms with Crippen LogP contribution in [0.25, 0.3) is 11.1 Å². The van der Waals surface area contributed by atoms with Crippen LogP contribution in [0.3, 0.4) is 0 Å². The Morgan fingerprint density at radius 3 is 1.78 bits per heavy atom. The molecule has 0 aliphatic carbocycles. The molecule has 0 aromatic heterocycles. The SMILES string of the molecule is CCCCCCCCCc1ccc(-c2ccc(C=O)cc2)cc1. The van der Waals surface area contributed by atoms with Crippen molar-refractivity contribution >= 4 is 6.29 Å². The second kappa shape index (κ2) is 9.99. The Bertz CT molecular complexity index is 566. The average molecular weight is 308 g/mol. The third-order valence-corrected chi connectivity index (χ3v) is 4.40. The number of hydrogen-bond donors (Lipinski definition) is 0. The van der Waals surface area contributed by atoms with Crippen molar-refractivity contribution in [3.63, 3.8) is 0 Å². The van der Waals surface area contributed by atoms with E-state index in [9.17, 15) is 4.79 Å². The van der Waals surface area contributed by atoms with Crippen molar-refractivity contribution in [2.45, 2.75) is 58.3 Å². The Kier molecular flexibility index (Phi) is 7.59. The highest BCUT2D eigenvalue weighted by atomic mass is 16.1. The van der Waals surface area contributed by atoms with Crippen LogP contribution in [-0.4, -0.2) is 6.29 Å². The number of rotatable bonds is 10. The Balaban J connectivity index is 1.76. The zero-order valence-corrected chi connectivity index (χ0v) is 14.3. The molecule has 0 atom stereocenters. The fourth-order valence-electron chi connectivity index (χ4n) is 2.90. The summed E-state index contributed by atoms with van der Waals surface area (Å²) in [7, 11) is 0. The molecule has 122 valence electrons. The quantitative estimate of drug-likeness (QED) is 0.363. The fraction of sp³-hybridized carbons (Fsp3) is 0.409. The Labute approximate surface area is 140 Å². The molecule has 1 nitrogen and oxygen atoms in total. The highest BCUT2D eigenvalue weighted by Gasteiger charge is 1.99. The number of aryl methyl sites for hydroxylation is 1. The standard InChI is InChI=1S/C22H28O/c1-2-3-4-5-6-7-8-9-19-10-14-21(15-11-19)22-16-12-20(18-23)13-17-22/h10-18H,2-9H2,1H3. The van der Waals surface area contributed by atoms with Crippen LogP contribution >= 0.6 is 0 Å². The molecule has 0 heterocycles. The van der Waals surface area contributed by atoms with E-state index in [1.807, 2.05) is 24.3 Å². The summed E-state index contributed by atoms with van der Waals surface area (Å²) in [6, 6.07) is 16.6. The minimum Gasteiger partial charge on any atom is -0.298 e. The third kappa shape index (κ3) is 6.02. The maximum atomic E-state index is 10.7. The molecule has 0 saturated carbocycles. The lowest BCUT2D eigenvalue weighted by molar-refractivity contribution is 0.112. The predicted octanol–water partition coefficient (Wildman–Crippen LogP) is 6.46. The number of carbonyl (C=O) groups is 1.